The minimum absolute atomic E-state index is 0.0445. The van der Waals surface area contributed by atoms with Crippen molar-refractivity contribution in [3.05, 3.63) is 94.7 Å². The van der Waals surface area contributed by atoms with Gasteiger partial charge in [0.2, 0.25) is 0 Å². The highest BCUT2D eigenvalue weighted by atomic mass is 16.5. The Kier molecular flexibility index (Phi) is 6.05. The van der Waals surface area contributed by atoms with Gasteiger partial charge in [-0.15, -0.1) is 0 Å². The van der Waals surface area contributed by atoms with Gasteiger partial charge in [0.25, 0.3) is 11.8 Å². The molecule has 0 bridgehead atoms. The molecule has 3 aromatic carbocycles. The Morgan fingerprint density at radius 2 is 1.52 bits per heavy atom. The van der Waals surface area contributed by atoms with Gasteiger partial charge in [-0.3, -0.25) is 9.59 Å². The third-order valence-corrected chi connectivity index (χ3v) is 5.60. The maximum Gasteiger partial charge on any atom is 0.282 e. The molecule has 33 heavy (non-hydrogen) atoms. The molecule has 0 saturated heterocycles. The summed E-state index contributed by atoms with van der Waals surface area (Å²) in [6, 6.07) is 20.7. The van der Waals surface area contributed by atoms with Crippen molar-refractivity contribution in [1.82, 2.24) is 0 Å². The number of hydrogen-bond donors (Lipinski definition) is 1. The maximum absolute atomic E-state index is 13.7. The molecule has 0 atom stereocenters. The van der Waals surface area contributed by atoms with Gasteiger partial charge in [-0.05, 0) is 75.6 Å². The monoisotopic (exact) mass is 440 g/mol. The number of benzene rings is 3. The van der Waals surface area contributed by atoms with Crippen LogP contribution in [0.1, 0.15) is 36.1 Å². The number of para-hydroxylation sites is 1. The molecule has 1 N–H and O–H groups in total. The molecule has 0 saturated carbocycles. The minimum Gasteiger partial charge on any atom is -0.491 e. The number of imide groups is 1. The van der Waals surface area contributed by atoms with E-state index in [-0.39, 0.29) is 23.6 Å². The normalized spacial score (nSPS) is 13.8. The van der Waals surface area contributed by atoms with Crippen LogP contribution in [0, 0.1) is 20.8 Å². The highest BCUT2D eigenvalue weighted by Crippen LogP contribution is 2.36. The molecule has 3 aromatic rings. The first-order valence-corrected chi connectivity index (χ1v) is 11.1. The lowest BCUT2D eigenvalue weighted by atomic mass is 10.0. The lowest BCUT2D eigenvalue weighted by molar-refractivity contribution is -0.120. The molecule has 168 valence electrons. The van der Waals surface area contributed by atoms with E-state index in [1.54, 1.807) is 0 Å². The predicted molar refractivity (Wildman–Crippen MR) is 132 cm³/mol. The van der Waals surface area contributed by atoms with Crippen molar-refractivity contribution >= 4 is 28.8 Å². The molecule has 0 radical (unpaired) electrons. The van der Waals surface area contributed by atoms with Crippen molar-refractivity contribution in [2.24, 2.45) is 0 Å². The van der Waals surface area contributed by atoms with Gasteiger partial charge in [0, 0.05) is 5.69 Å². The first-order chi connectivity index (χ1) is 15.8. The van der Waals surface area contributed by atoms with Gasteiger partial charge in [-0.2, -0.15) is 0 Å². The van der Waals surface area contributed by atoms with Crippen LogP contribution < -0.4 is 15.0 Å². The van der Waals surface area contributed by atoms with Gasteiger partial charge >= 0.3 is 0 Å². The number of anilines is 2. The maximum atomic E-state index is 13.7. The summed E-state index contributed by atoms with van der Waals surface area (Å²) in [4.78, 5) is 28.6. The summed E-state index contributed by atoms with van der Waals surface area (Å²) in [7, 11) is 0. The van der Waals surface area contributed by atoms with Crippen LogP contribution in [-0.2, 0) is 9.59 Å². The van der Waals surface area contributed by atoms with Gasteiger partial charge in [-0.25, -0.2) is 4.90 Å². The summed E-state index contributed by atoms with van der Waals surface area (Å²) < 4.78 is 5.74. The second kappa shape index (κ2) is 8.94. The van der Waals surface area contributed by atoms with Crippen molar-refractivity contribution in [2.45, 2.75) is 40.7 Å². The van der Waals surface area contributed by atoms with Crippen LogP contribution in [0.3, 0.4) is 0 Å². The number of aryl methyl sites for hydroxylation is 3. The van der Waals surface area contributed by atoms with E-state index in [4.69, 9.17) is 4.74 Å². The zero-order valence-corrected chi connectivity index (χ0v) is 19.6. The molecule has 1 aliphatic rings. The lowest BCUT2D eigenvalue weighted by Crippen LogP contribution is -2.33. The Bertz CT molecular complexity index is 1260. The molecule has 0 aromatic heterocycles. The smallest absolute Gasteiger partial charge is 0.282 e. The summed E-state index contributed by atoms with van der Waals surface area (Å²) in [5, 5.41) is 3.25. The fourth-order valence-electron chi connectivity index (χ4n) is 4.01. The number of rotatable bonds is 6. The Hall–Kier alpha value is -3.86. The Morgan fingerprint density at radius 3 is 2.15 bits per heavy atom. The quantitative estimate of drug-likeness (QED) is 0.493. The molecular weight excluding hydrogens is 412 g/mol. The number of ether oxygens (including phenoxy) is 1. The summed E-state index contributed by atoms with van der Waals surface area (Å²) in [5.74, 6) is -0.000881. The lowest BCUT2D eigenvalue weighted by Gasteiger charge is -2.18. The average molecular weight is 441 g/mol. The van der Waals surface area contributed by atoms with Gasteiger partial charge in [0.05, 0.1) is 17.4 Å². The molecule has 0 fully saturated rings. The van der Waals surface area contributed by atoms with E-state index in [1.807, 2.05) is 101 Å². The van der Waals surface area contributed by atoms with E-state index in [2.05, 4.69) is 5.32 Å². The van der Waals surface area contributed by atoms with Crippen LogP contribution in [-0.4, -0.2) is 17.9 Å². The van der Waals surface area contributed by atoms with E-state index in [1.165, 1.54) is 4.90 Å². The molecule has 1 heterocycles. The number of nitrogens with one attached hydrogen (secondary N) is 1. The average Bonchev–Trinajstić information content (AvgIpc) is 3.00. The number of carbonyl (C=O) groups excluding carboxylic acids is 2. The van der Waals surface area contributed by atoms with Crippen molar-refractivity contribution < 1.29 is 14.3 Å². The topological polar surface area (TPSA) is 58.6 Å². The summed E-state index contributed by atoms with van der Waals surface area (Å²) in [6.45, 7) is 9.78. The van der Waals surface area contributed by atoms with Crippen LogP contribution in [0.5, 0.6) is 5.75 Å². The van der Waals surface area contributed by atoms with Gasteiger partial charge in [0.15, 0.2) is 0 Å². The molecule has 0 spiro atoms. The predicted octanol–water partition coefficient (Wildman–Crippen LogP) is 5.80. The third kappa shape index (κ3) is 4.40. The first-order valence-electron chi connectivity index (χ1n) is 11.1. The largest absolute Gasteiger partial charge is 0.491 e. The fourth-order valence-corrected chi connectivity index (χ4v) is 4.01. The van der Waals surface area contributed by atoms with Crippen LogP contribution in [0.15, 0.2) is 72.4 Å². The van der Waals surface area contributed by atoms with Gasteiger partial charge in [-0.1, -0.05) is 48.0 Å². The molecular formula is C28H28N2O3. The van der Waals surface area contributed by atoms with Crippen LogP contribution in [0.25, 0.3) is 5.57 Å². The molecule has 1 aliphatic heterocycles. The molecule has 5 nitrogen and oxygen atoms in total. The first kappa shape index (κ1) is 22.3. The summed E-state index contributed by atoms with van der Waals surface area (Å²) in [6.07, 6.45) is 0.0445. The van der Waals surface area contributed by atoms with Crippen molar-refractivity contribution in [3.63, 3.8) is 0 Å². The number of amides is 2. The SMILES string of the molecule is Cc1ccc(N2C(=O)C(Nc3ccccc3C)=C(c3ccc(OC(C)C)cc3)C2=O)c(C)c1. The minimum atomic E-state index is -0.368. The Labute approximate surface area is 194 Å². The van der Waals surface area contributed by atoms with Gasteiger partial charge in [0.1, 0.15) is 11.4 Å². The number of nitrogens with zero attached hydrogens (tertiary/aromatic N) is 1. The van der Waals surface area contributed by atoms with E-state index in [0.29, 0.717) is 22.6 Å². The van der Waals surface area contributed by atoms with Crippen molar-refractivity contribution in [1.29, 1.82) is 0 Å². The number of carbonyl (C=O) groups is 2. The molecule has 0 aliphatic carbocycles. The fraction of sp³-hybridized carbons (Fsp3) is 0.214. The highest BCUT2D eigenvalue weighted by Gasteiger charge is 2.41. The summed E-state index contributed by atoms with van der Waals surface area (Å²) in [5.41, 5.74) is 5.58. The van der Waals surface area contributed by atoms with E-state index in [9.17, 15) is 9.59 Å². The second-order valence-corrected chi connectivity index (χ2v) is 8.62. The van der Waals surface area contributed by atoms with E-state index in [0.717, 1.165) is 22.4 Å². The summed E-state index contributed by atoms with van der Waals surface area (Å²) >= 11 is 0. The van der Waals surface area contributed by atoms with Crippen molar-refractivity contribution in [2.75, 3.05) is 10.2 Å². The second-order valence-electron chi connectivity index (χ2n) is 8.62. The molecule has 4 rings (SSSR count). The Balaban J connectivity index is 1.81. The third-order valence-electron chi connectivity index (χ3n) is 5.60. The molecule has 2 amide bonds. The zero-order valence-electron chi connectivity index (χ0n) is 19.6. The standard InChI is InChI=1S/C28H28N2O3/c1-17(2)33-22-13-11-21(12-14-22)25-26(29-23-9-7-6-8-19(23)4)28(32)30(27(25)31)24-15-10-18(3)16-20(24)5/h6-17,29H,1-5H3. The highest BCUT2D eigenvalue weighted by molar-refractivity contribution is 6.46. The van der Waals surface area contributed by atoms with Crippen LogP contribution >= 0.6 is 0 Å². The van der Waals surface area contributed by atoms with E-state index >= 15 is 0 Å². The van der Waals surface area contributed by atoms with E-state index < -0.39 is 0 Å². The number of hydrogen-bond acceptors (Lipinski definition) is 4. The Morgan fingerprint density at radius 1 is 0.818 bits per heavy atom. The van der Waals surface area contributed by atoms with Gasteiger partial charge < -0.3 is 10.1 Å². The van der Waals surface area contributed by atoms with Crippen molar-refractivity contribution in [3.8, 4) is 5.75 Å². The molecule has 0 unspecified atom stereocenters. The molecule has 5 heteroatoms. The zero-order chi connectivity index (χ0) is 23.7. The van der Waals surface area contributed by atoms with Crippen LogP contribution in [0.4, 0.5) is 11.4 Å². The van der Waals surface area contributed by atoms with Crippen LogP contribution in [0.2, 0.25) is 0 Å².